The Kier molecular flexibility index (Phi) is 6.02. The lowest BCUT2D eigenvalue weighted by Crippen LogP contribution is -2.15. The summed E-state index contributed by atoms with van der Waals surface area (Å²) in [4.78, 5) is 0. The zero-order valence-corrected chi connectivity index (χ0v) is 27.7. The Morgan fingerprint density at radius 1 is 0.306 bits per heavy atom. The predicted octanol–water partition coefficient (Wildman–Crippen LogP) is 13.6. The van der Waals surface area contributed by atoms with Crippen LogP contribution in [0.2, 0.25) is 0 Å². The lowest BCUT2D eigenvalue weighted by molar-refractivity contribution is 0.662. The topological polar surface area (TPSA) is 0 Å². The van der Waals surface area contributed by atoms with E-state index in [1.165, 1.54) is 98.7 Å². The highest BCUT2D eigenvalue weighted by Crippen LogP contribution is 2.54. The molecule has 0 N–H and O–H groups in total. The molecule has 49 heavy (non-hydrogen) atoms. The molecule has 0 saturated carbocycles. The summed E-state index contributed by atoms with van der Waals surface area (Å²) in [5.74, 6) is 0. The van der Waals surface area contributed by atoms with Gasteiger partial charge in [-0.2, -0.15) is 0 Å². The molecule has 0 fully saturated rings. The molecule has 0 amide bonds. The van der Waals surface area contributed by atoms with E-state index < -0.39 is 0 Å². The highest BCUT2D eigenvalue weighted by Gasteiger charge is 2.37. The summed E-state index contributed by atoms with van der Waals surface area (Å²) in [5.41, 5.74) is 13.0. The van der Waals surface area contributed by atoms with Gasteiger partial charge in [0.25, 0.3) is 0 Å². The van der Waals surface area contributed by atoms with Crippen molar-refractivity contribution in [1.29, 1.82) is 0 Å². The number of rotatable bonds is 3. The molecule has 9 aromatic rings. The first-order valence-corrected chi connectivity index (χ1v) is 17.2. The van der Waals surface area contributed by atoms with Crippen LogP contribution in [-0.4, -0.2) is 0 Å². The first kappa shape index (κ1) is 28.1. The van der Waals surface area contributed by atoms with E-state index in [9.17, 15) is 0 Å². The summed E-state index contributed by atoms with van der Waals surface area (Å²) in [6, 6.07) is 63.2. The molecule has 0 radical (unpaired) electrons. The minimum Gasteiger partial charge on any atom is -0.0622 e. The summed E-state index contributed by atoms with van der Waals surface area (Å²) < 4.78 is 0. The van der Waals surface area contributed by atoms with Gasteiger partial charge in [0.1, 0.15) is 0 Å². The van der Waals surface area contributed by atoms with Crippen molar-refractivity contribution < 1.29 is 0 Å². The Balaban J connectivity index is 1.11. The molecule has 230 valence electrons. The smallest absolute Gasteiger partial charge is 0.0159 e. The molecule has 0 unspecified atom stereocenters. The molecule has 1 aliphatic rings. The Bertz CT molecular complexity index is 2780. The zero-order chi connectivity index (χ0) is 32.7. The van der Waals surface area contributed by atoms with Crippen molar-refractivity contribution in [1.82, 2.24) is 0 Å². The van der Waals surface area contributed by atoms with Gasteiger partial charge in [0.05, 0.1) is 0 Å². The first-order chi connectivity index (χ1) is 24.0. The quantitative estimate of drug-likeness (QED) is 0.184. The standard InChI is InChI=1S/C49H34/c1-49(2)46-29-39-21-18-34(31-10-4-3-5-11-31)27-41(39)28-45(46)48-43-15-9-8-14-42(43)44(30-47(48)49)40-23-22-37-25-36(19-20-38(37)26-40)35-17-16-32-12-6-7-13-33(32)24-35/h3-30H,1-2H3. The fourth-order valence-electron chi connectivity index (χ4n) is 8.34. The normalized spacial score (nSPS) is 13.3. The molecule has 0 saturated heterocycles. The average Bonchev–Trinajstić information content (AvgIpc) is 3.38. The van der Waals surface area contributed by atoms with Gasteiger partial charge in [-0.1, -0.05) is 141 Å². The van der Waals surface area contributed by atoms with Gasteiger partial charge < -0.3 is 0 Å². The minimum atomic E-state index is -0.124. The Hall–Kier alpha value is -5.98. The van der Waals surface area contributed by atoms with E-state index in [1.54, 1.807) is 0 Å². The molecule has 10 rings (SSSR count). The number of benzene rings is 9. The fourth-order valence-corrected chi connectivity index (χ4v) is 8.34. The van der Waals surface area contributed by atoms with Crippen molar-refractivity contribution in [3.8, 4) is 44.5 Å². The van der Waals surface area contributed by atoms with Crippen molar-refractivity contribution in [2.24, 2.45) is 0 Å². The zero-order valence-electron chi connectivity index (χ0n) is 27.7. The Labute approximate surface area is 286 Å². The fraction of sp³-hybridized carbons (Fsp3) is 0.0612. The van der Waals surface area contributed by atoms with Gasteiger partial charge in [0, 0.05) is 5.41 Å². The van der Waals surface area contributed by atoms with Crippen molar-refractivity contribution in [2.75, 3.05) is 0 Å². The van der Waals surface area contributed by atoms with Crippen molar-refractivity contribution in [2.45, 2.75) is 19.3 Å². The van der Waals surface area contributed by atoms with Crippen LogP contribution in [-0.2, 0) is 5.41 Å². The van der Waals surface area contributed by atoms with E-state index in [-0.39, 0.29) is 5.41 Å². The van der Waals surface area contributed by atoms with Crippen LogP contribution in [0.3, 0.4) is 0 Å². The summed E-state index contributed by atoms with van der Waals surface area (Å²) in [6.45, 7) is 4.80. The molecular weight excluding hydrogens is 589 g/mol. The van der Waals surface area contributed by atoms with Gasteiger partial charge in [0.15, 0.2) is 0 Å². The molecule has 1 aliphatic carbocycles. The second-order valence-electron chi connectivity index (χ2n) is 14.2. The Morgan fingerprint density at radius 2 is 0.816 bits per heavy atom. The highest BCUT2D eigenvalue weighted by atomic mass is 14.4. The van der Waals surface area contributed by atoms with Gasteiger partial charge in [0.2, 0.25) is 0 Å². The third-order valence-corrected chi connectivity index (χ3v) is 11.0. The number of hydrogen-bond acceptors (Lipinski definition) is 0. The molecule has 0 atom stereocenters. The number of fused-ring (bicyclic) bond motifs is 8. The van der Waals surface area contributed by atoms with E-state index in [2.05, 4.69) is 184 Å². The molecule has 0 heteroatoms. The minimum absolute atomic E-state index is 0.124. The molecule has 0 aromatic heterocycles. The van der Waals surface area contributed by atoms with Crippen molar-refractivity contribution in [3.63, 3.8) is 0 Å². The van der Waals surface area contributed by atoms with Crippen LogP contribution >= 0.6 is 0 Å². The SMILES string of the molecule is CC1(C)c2cc3ccc(-c4ccccc4)cc3cc2-c2c1cc(-c1ccc3cc(-c4ccc5ccccc5c4)ccc3c1)c1ccccc21. The lowest BCUT2D eigenvalue weighted by Gasteiger charge is -2.23. The van der Waals surface area contributed by atoms with E-state index in [4.69, 9.17) is 0 Å². The second kappa shape index (κ2) is 10.5. The van der Waals surface area contributed by atoms with Gasteiger partial charge in [-0.3, -0.25) is 0 Å². The molecule has 0 spiro atoms. The van der Waals surface area contributed by atoms with E-state index >= 15 is 0 Å². The average molecular weight is 623 g/mol. The summed E-state index contributed by atoms with van der Waals surface area (Å²) in [7, 11) is 0. The lowest BCUT2D eigenvalue weighted by atomic mass is 9.80. The number of hydrogen-bond donors (Lipinski definition) is 0. The van der Waals surface area contributed by atoms with Crippen LogP contribution in [0.15, 0.2) is 170 Å². The summed E-state index contributed by atoms with van der Waals surface area (Å²) in [5, 5.41) is 10.3. The van der Waals surface area contributed by atoms with Crippen molar-refractivity contribution >= 4 is 43.1 Å². The third-order valence-electron chi connectivity index (χ3n) is 11.0. The van der Waals surface area contributed by atoms with Gasteiger partial charge in [-0.15, -0.1) is 0 Å². The van der Waals surface area contributed by atoms with Gasteiger partial charge in [-0.25, -0.2) is 0 Å². The van der Waals surface area contributed by atoms with E-state index in [1.807, 2.05) is 0 Å². The third kappa shape index (κ3) is 4.38. The van der Waals surface area contributed by atoms with Crippen LogP contribution in [0.5, 0.6) is 0 Å². The van der Waals surface area contributed by atoms with Crippen LogP contribution in [0.25, 0.3) is 87.6 Å². The predicted molar refractivity (Wildman–Crippen MR) is 210 cm³/mol. The molecular formula is C49H34. The highest BCUT2D eigenvalue weighted by molar-refractivity contribution is 6.11. The summed E-state index contributed by atoms with van der Waals surface area (Å²) >= 11 is 0. The van der Waals surface area contributed by atoms with Gasteiger partial charge >= 0.3 is 0 Å². The molecule has 0 aliphatic heterocycles. The van der Waals surface area contributed by atoms with Crippen LogP contribution in [0.1, 0.15) is 25.0 Å². The Morgan fingerprint density at radius 3 is 1.55 bits per heavy atom. The largest absolute Gasteiger partial charge is 0.0622 e. The summed E-state index contributed by atoms with van der Waals surface area (Å²) in [6.07, 6.45) is 0. The van der Waals surface area contributed by atoms with Crippen LogP contribution in [0, 0.1) is 0 Å². The molecule has 9 aromatic carbocycles. The van der Waals surface area contributed by atoms with E-state index in [0.29, 0.717) is 0 Å². The van der Waals surface area contributed by atoms with Crippen LogP contribution < -0.4 is 0 Å². The second-order valence-corrected chi connectivity index (χ2v) is 14.2. The monoisotopic (exact) mass is 622 g/mol. The van der Waals surface area contributed by atoms with Crippen molar-refractivity contribution in [3.05, 3.63) is 181 Å². The van der Waals surface area contributed by atoms with E-state index in [0.717, 1.165) is 0 Å². The van der Waals surface area contributed by atoms with Gasteiger partial charge in [-0.05, 0) is 141 Å². The maximum atomic E-state index is 2.49. The maximum Gasteiger partial charge on any atom is 0.0159 e. The molecule has 0 bridgehead atoms. The molecule has 0 heterocycles. The first-order valence-electron chi connectivity index (χ1n) is 17.2. The maximum absolute atomic E-state index is 2.49. The molecule has 0 nitrogen and oxygen atoms in total. The van der Waals surface area contributed by atoms with Crippen LogP contribution in [0.4, 0.5) is 0 Å².